The van der Waals surface area contributed by atoms with Crippen molar-refractivity contribution in [3.63, 3.8) is 0 Å². The van der Waals surface area contributed by atoms with Crippen LogP contribution in [-0.2, 0) is 14.1 Å². The van der Waals surface area contributed by atoms with Gasteiger partial charge in [0.05, 0.1) is 0 Å². The Balaban J connectivity index is 2.25. The molecular weight excluding hydrogens is 206 g/mol. The van der Waals surface area contributed by atoms with E-state index in [1.54, 1.807) is 0 Å². The minimum absolute atomic E-state index is 0.540. The predicted octanol–water partition coefficient (Wildman–Crippen LogP) is -3.89. The number of carbonyl (C=O) groups is 1. The van der Waals surface area contributed by atoms with E-state index in [0.29, 0.717) is 13.0 Å². The highest BCUT2D eigenvalue weighted by molar-refractivity contribution is 5.75. The van der Waals surface area contributed by atoms with Crippen molar-refractivity contribution in [1.29, 1.82) is 0 Å². The smallest absolute Gasteiger partial charge is 0.304 e. The second-order valence-corrected chi connectivity index (χ2v) is 3.37. The summed E-state index contributed by atoms with van der Waals surface area (Å²) in [7, 11) is -4.71. The van der Waals surface area contributed by atoms with Gasteiger partial charge in [-0.1, -0.05) is 0 Å². The predicted molar refractivity (Wildman–Crippen MR) is 28.2 cm³/mol. The number of hydrogen-bond acceptors (Lipinski definition) is 7. The van der Waals surface area contributed by atoms with Crippen molar-refractivity contribution >= 4 is 5.97 Å². The average Bonchev–Trinajstić information content (AvgIpc) is 2.50. The van der Waals surface area contributed by atoms with Gasteiger partial charge in [-0.15, -0.1) is 0 Å². The third-order valence-electron chi connectivity index (χ3n) is 1.54. The van der Waals surface area contributed by atoms with Gasteiger partial charge in [0.1, 0.15) is 16.3 Å². The molecule has 7 nitrogen and oxygen atoms in total. The lowest BCUT2D eigenvalue weighted by Gasteiger charge is -2.10. The molecule has 1 aliphatic rings. The van der Waals surface area contributed by atoms with Crippen LogP contribution in [0.4, 0.5) is 0 Å². The van der Waals surface area contributed by atoms with Gasteiger partial charge in [-0.2, -0.15) is 18.9 Å². The quantitative estimate of drug-likeness (QED) is 0.376. The van der Waals surface area contributed by atoms with Crippen LogP contribution >= 0.6 is 0 Å². The van der Waals surface area contributed by atoms with Crippen molar-refractivity contribution in [2.75, 3.05) is 6.54 Å². The molecule has 0 amide bonds. The summed E-state index contributed by atoms with van der Waals surface area (Å²) >= 11 is 0. The van der Waals surface area contributed by atoms with Gasteiger partial charge in [0.25, 0.3) is 0 Å². The van der Waals surface area contributed by atoms with E-state index in [4.69, 9.17) is 0 Å². The Hall–Kier alpha value is -0.440. The lowest BCUT2D eigenvalue weighted by atomic mass is 10.2. The molecule has 1 aliphatic heterocycles. The van der Waals surface area contributed by atoms with Crippen LogP contribution in [0.15, 0.2) is 0 Å². The first-order valence-corrected chi connectivity index (χ1v) is 4.77. The van der Waals surface area contributed by atoms with Crippen LogP contribution < -0.4 is 19.3 Å². The molecule has 1 heterocycles. The highest BCUT2D eigenvalue weighted by atomic mass is 35.7. The molecule has 76 valence electrons. The van der Waals surface area contributed by atoms with Crippen LogP contribution in [0.1, 0.15) is 12.8 Å². The van der Waals surface area contributed by atoms with Crippen molar-refractivity contribution < 1.29 is 38.3 Å². The zero-order chi connectivity index (χ0) is 9.90. The highest BCUT2D eigenvalue weighted by Gasteiger charge is 2.30. The van der Waals surface area contributed by atoms with Gasteiger partial charge in [0, 0.05) is 0 Å². The van der Waals surface area contributed by atoms with E-state index in [0.717, 1.165) is 6.42 Å². The Morgan fingerprint density at radius 3 is 2.62 bits per heavy atom. The van der Waals surface area contributed by atoms with Gasteiger partial charge in [-0.05, 0) is 19.4 Å². The first-order chi connectivity index (χ1) is 5.99. The van der Waals surface area contributed by atoms with Gasteiger partial charge >= 0.3 is 10.4 Å². The molecule has 1 N–H and O–H groups in total. The zero-order valence-corrected chi connectivity index (χ0v) is 7.28. The van der Waals surface area contributed by atoms with Crippen molar-refractivity contribution in [2.24, 2.45) is 0 Å². The van der Waals surface area contributed by atoms with E-state index in [9.17, 15) is 18.8 Å². The largest absolute Gasteiger partial charge is 0.374 e. The summed E-state index contributed by atoms with van der Waals surface area (Å²) in [6.07, 6.45) is 1.33. The minimum Gasteiger partial charge on any atom is -0.304 e. The molecule has 0 aliphatic carbocycles. The molecule has 0 radical (unpaired) electrons. The maximum absolute atomic E-state index is 10.9. The molecule has 0 saturated carbocycles. The summed E-state index contributed by atoms with van der Waals surface area (Å²) in [5, 5.41) is 2.74. The van der Waals surface area contributed by atoms with Gasteiger partial charge in [-0.3, -0.25) is 0 Å². The molecule has 0 aromatic heterocycles. The standard InChI is InChI=1S/C5H8ClNO6/c8-5(4-2-1-3-7-4)12-13-6(9,10)11/h4,7H,1-3H2/t4-/m0/s1. The molecule has 0 bridgehead atoms. The number of rotatable bonds is 3. The summed E-state index contributed by atoms with van der Waals surface area (Å²) in [5.74, 6) is -0.899. The summed E-state index contributed by atoms with van der Waals surface area (Å²) in [6.45, 7) is 0.654. The Morgan fingerprint density at radius 1 is 1.46 bits per heavy atom. The van der Waals surface area contributed by atoms with E-state index in [2.05, 4.69) is 14.6 Å². The van der Waals surface area contributed by atoms with Crippen LogP contribution in [0.5, 0.6) is 0 Å². The Morgan fingerprint density at radius 2 is 2.15 bits per heavy atom. The van der Waals surface area contributed by atoms with E-state index in [1.165, 1.54) is 0 Å². The van der Waals surface area contributed by atoms with Crippen molar-refractivity contribution in [1.82, 2.24) is 5.32 Å². The minimum atomic E-state index is -4.71. The van der Waals surface area contributed by atoms with E-state index in [1.807, 2.05) is 0 Å². The average molecular weight is 214 g/mol. The fourth-order valence-electron chi connectivity index (χ4n) is 1.01. The van der Waals surface area contributed by atoms with Gasteiger partial charge < -0.3 is 5.32 Å². The van der Waals surface area contributed by atoms with Crippen LogP contribution in [0.3, 0.4) is 0 Å². The summed E-state index contributed by atoms with van der Waals surface area (Å²) in [5.41, 5.74) is 0. The zero-order valence-electron chi connectivity index (χ0n) is 6.53. The monoisotopic (exact) mass is 213 g/mol. The fraction of sp³-hybridized carbons (Fsp3) is 0.800. The van der Waals surface area contributed by atoms with Gasteiger partial charge in [0.15, 0.2) is 0 Å². The number of hydrogen-bond donors (Lipinski definition) is 1. The molecule has 13 heavy (non-hydrogen) atoms. The van der Waals surface area contributed by atoms with E-state index < -0.39 is 22.3 Å². The van der Waals surface area contributed by atoms with Crippen LogP contribution in [-0.4, -0.2) is 18.6 Å². The molecule has 0 aromatic carbocycles. The van der Waals surface area contributed by atoms with E-state index in [-0.39, 0.29) is 0 Å². The van der Waals surface area contributed by atoms with Crippen LogP contribution in [0, 0.1) is 10.2 Å². The van der Waals surface area contributed by atoms with Crippen LogP contribution in [0.25, 0.3) is 0 Å². The summed E-state index contributed by atoms with van der Waals surface area (Å²) in [4.78, 5) is 14.7. The molecular formula is C5H8ClNO6. The molecule has 1 rings (SSSR count). The van der Waals surface area contributed by atoms with Crippen molar-refractivity contribution in [3.8, 4) is 0 Å². The van der Waals surface area contributed by atoms with Crippen LogP contribution in [0.2, 0.25) is 0 Å². The summed E-state index contributed by atoms with van der Waals surface area (Å²) < 4.78 is 32.8. The van der Waals surface area contributed by atoms with Crippen molar-refractivity contribution in [2.45, 2.75) is 18.9 Å². The molecule has 8 heteroatoms. The first-order valence-electron chi connectivity index (χ1n) is 3.53. The second kappa shape index (κ2) is 4.18. The maximum atomic E-state index is 10.9. The number of nitrogens with one attached hydrogen (secondary N) is 1. The Kier molecular flexibility index (Phi) is 3.42. The van der Waals surface area contributed by atoms with Gasteiger partial charge in [0.2, 0.25) is 0 Å². The molecule has 1 fully saturated rings. The van der Waals surface area contributed by atoms with Crippen molar-refractivity contribution in [3.05, 3.63) is 0 Å². The maximum Gasteiger partial charge on any atom is 0.374 e. The third-order valence-corrected chi connectivity index (χ3v) is 1.75. The van der Waals surface area contributed by atoms with Gasteiger partial charge in [-0.25, -0.2) is 4.79 Å². The Labute approximate surface area is 75.9 Å². The highest BCUT2D eigenvalue weighted by Crippen LogP contribution is 2.07. The fourth-order valence-corrected chi connectivity index (χ4v) is 1.15. The summed E-state index contributed by atoms with van der Waals surface area (Å²) in [6, 6.07) is -0.586. The molecule has 0 unspecified atom stereocenters. The Bertz CT molecular complexity index is 186. The topological polar surface area (TPSA) is 117 Å². The lowest BCUT2D eigenvalue weighted by Crippen LogP contribution is -2.61. The number of carbonyl (C=O) groups excluding carboxylic acids is 1. The first kappa shape index (κ1) is 10.6. The number of halogens is 1. The second-order valence-electron chi connectivity index (χ2n) is 2.49. The molecule has 0 spiro atoms. The van der Waals surface area contributed by atoms with E-state index >= 15 is 0 Å². The SMILES string of the molecule is O=C(OO[Cl+3]([O-])([O-])[O-])[C@@H]1CCCN1. The molecule has 1 saturated heterocycles. The molecule has 0 aromatic rings. The third kappa shape index (κ3) is 3.85. The lowest BCUT2D eigenvalue weighted by molar-refractivity contribution is -1.93. The normalized spacial score (nSPS) is 23.2. The molecule has 1 atom stereocenters.